The topological polar surface area (TPSA) is 88.2 Å². The second-order valence-electron chi connectivity index (χ2n) is 7.84. The minimum atomic E-state index is -3.67. The van der Waals surface area contributed by atoms with Gasteiger partial charge in [-0.05, 0) is 49.6 Å². The average Bonchev–Trinajstić information content (AvgIpc) is 2.84. The average molecular weight is 476 g/mol. The van der Waals surface area contributed by atoms with Crippen LogP contribution in [0, 0.1) is 0 Å². The first-order valence-electron chi connectivity index (χ1n) is 11.3. The monoisotopic (exact) mass is 475 g/mol. The summed E-state index contributed by atoms with van der Waals surface area (Å²) in [5, 5.41) is 2.94. The third-order valence-corrected chi connectivity index (χ3v) is 7.96. The van der Waals surface area contributed by atoms with E-state index in [2.05, 4.69) is 10.2 Å². The molecule has 0 aliphatic carbocycles. The van der Waals surface area contributed by atoms with Gasteiger partial charge in [0.15, 0.2) is 0 Å². The maximum Gasteiger partial charge on any atom is 0.259 e. The fourth-order valence-corrected chi connectivity index (χ4v) is 5.56. The SMILES string of the molecule is CCN(CC)S(=O)(=O)c1ccc(N2CCCCC2)c(NC(=O)c2ccc(OC)cc2OC)c1. The summed E-state index contributed by atoms with van der Waals surface area (Å²) >= 11 is 0. The van der Waals surface area contributed by atoms with E-state index < -0.39 is 10.0 Å². The van der Waals surface area contributed by atoms with Gasteiger partial charge in [-0.25, -0.2) is 8.42 Å². The molecule has 1 heterocycles. The van der Waals surface area contributed by atoms with Crippen LogP contribution < -0.4 is 19.7 Å². The van der Waals surface area contributed by atoms with Crippen molar-refractivity contribution in [2.24, 2.45) is 0 Å². The molecule has 180 valence electrons. The number of carbonyl (C=O) groups is 1. The molecule has 0 radical (unpaired) electrons. The van der Waals surface area contributed by atoms with Crippen LogP contribution in [0.3, 0.4) is 0 Å². The molecule has 0 aromatic heterocycles. The standard InChI is InChI=1S/C24H33N3O5S/c1-5-27(6-2)33(29,30)19-11-13-22(26-14-8-7-9-15-26)21(17-19)25-24(28)20-12-10-18(31-3)16-23(20)32-4/h10-13,16-17H,5-9,14-15H2,1-4H3,(H,25,28). The van der Waals surface area contributed by atoms with Gasteiger partial charge in [0.05, 0.1) is 36.1 Å². The summed E-state index contributed by atoms with van der Waals surface area (Å²) in [4.78, 5) is 15.6. The van der Waals surface area contributed by atoms with E-state index in [1.54, 1.807) is 43.5 Å². The zero-order valence-corrected chi connectivity index (χ0v) is 20.6. The highest BCUT2D eigenvalue weighted by molar-refractivity contribution is 7.89. The highest BCUT2D eigenvalue weighted by Crippen LogP contribution is 2.33. The third kappa shape index (κ3) is 5.42. The van der Waals surface area contributed by atoms with Crippen molar-refractivity contribution < 1.29 is 22.7 Å². The van der Waals surface area contributed by atoms with Crippen molar-refractivity contribution in [3.8, 4) is 11.5 Å². The smallest absolute Gasteiger partial charge is 0.259 e. The van der Waals surface area contributed by atoms with Crippen LogP contribution in [0.2, 0.25) is 0 Å². The Labute approximate surface area is 196 Å². The Kier molecular flexibility index (Phi) is 8.20. The predicted octanol–water partition coefficient (Wildman–Crippen LogP) is 3.98. The number of rotatable bonds is 9. The van der Waals surface area contributed by atoms with Crippen molar-refractivity contribution in [2.45, 2.75) is 38.0 Å². The molecule has 0 unspecified atom stereocenters. The molecular weight excluding hydrogens is 442 g/mol. The van der Waals surface area contributed by atoms with Crippen molar-refractivity contribution >= 4 is 27.3 Å². The first kappa shape index (κ1) is 24.9. The molecular formula is C24H33N3O5S. The molecule has 1 aliphatic rings. The minimum absolute atomic E-state index is 0.156. The zero-order valence-electron chi connectivity index (χ0n) is 19.8. The largest absolute Gasteiger partial charge is 0.497 e. The summed E-state index contributed by atoms with van der Waals surface area (Å²) in [6, 6.07) is 9.94. The normalized spacial score (nSPS) is 14.3. The fraction of sp³-hybridized carbons (Fsp3) is 0.458. The molecule has 2 aromatic carbocycles. The number of nitrogens with zero attached hydrogens (tertiary/aromatic N) is 2. The van der Waals surface area contributed by atoms with Crippen molar-refractivity contribution in [1.29, 1.82) is 0 Å². The number of hydrogen-bond acceptors (Lipinski definition) is 6. The summed E-state index contributed by atoms with van der Waals surface area (Å²) in [5.41, 5.74) is 1.61. The molecule has 3 rings (SSSR count). The fourth-order valence-electron chi connectivity index (χ4n) is 4.07. The molecule has 33 heavy (non-hydrogen) atoms. The number of carbonyl (C=O) groups excluding carboxylic acids is 1. The maximum atomic E-state index is 13.2. The van der Waals surface area contributed by atoms with Gasteiger partial charge < -0.3 is 19.7 Å². The number of hydrogen-bond donors (Lipinski definition) is 1. The number of anilines is 2. The number of benzene rings is 2. The van der Waals surface area contributed by atoms with Gasteiger partial charge in [-0.15, -0.1) is 0 Å². The second kappa shape index (κ2) is 10.9. The van der Waals surface area contributed by atoms with E-state index in [-0.39, 0.29) is 10.8 Å². The first-order valence-corrected chi connectivity index (χ1v) is 12.7. The van der Waals surface area contributed by atoms with Crippen LogP contribution in [0.25, 0.3) is 0 Å². The number of methoxy groups -OCH3 is 2. The molecule has 0 spiro atoms. The van der Waals surface area contributed by atoms with E-state index in [0.717, 1.165) is 38.0 Å². The van der Waals surface area contributed by atoms with Crippen LogP contribution in [0.15, 0.2) is 41.3 Å². The van der Waals surface area contributed by atoms with Crippen LogP contribution in [0.5, 0.6) is 11.5 Å². The highest BCUT2D eigenvalue weighted by atomic mass is 32.2. The lowest BCUT2D eigenvalue weighted by Crippen LogP contribution is -2.32. The van der Waals surface area contributed by atoms with Gasteiger partial charge in [-0.2, -0.15) is 4.31 Å². The number of sulfonamides is 1. The number of nitrogens with one attached hydrogen (secondary N) is 1. The van der Waals surface area contributed by atoms with Gasteiger partial charge in [0, 0.05) is 32.2 Å². The Bertz CT molecular complexity index is 1080. The first-order chi connectivity index (χ1) is 15.8. The van der Waals surface area contributed by atoms with Crippen molar-refractivity contribution in [1.82, 2.24) is 4.31 Å². The van der Waals surface area contributed by atoms with Gasteiger partial charge in [0.25, 0.3) is 5.91 Å². The lowest BCUT2D eigenvalue weighted by Gasteiger charge is -2.31. The number of amides is 1. The number of ether oxygens (including phenoxy) is 2. The molecule has 1 amide bonds. The van der Waals surface area contributed by atoms with Crippen LogP contribution in [-0.4, -0.2) is 59.0 Å². The number of piperidine rings is 1. The van der Waals surface area contributed by atoms with Crippen LogP contribution in [0.4, 0.5) is 11.4 Å². The molecule has 8 nitrogen and oxygen atoms in total. The van der Waals surface area contributed by atoms with Crippen molar-refractivity contribution in [2.75, 3.05) is 50.6 Å². The molecule has 1 N–H and O–H groups in total. The Hall–Kier alpha value is -2.78. The summed E-state index contributed by atoms with van der Waals surface area (Å²) in [7, 11) is -0.640. The zero-order chi connectivity index (χ0) is 24.0. The van der Waals surface area contributed by atoms with E-state index in [1.807, 2.05) is 13.8 Å². The Morgan fingerprint density at radius 3 is 2.30 bits per heavy atom. The third-order valence-electron chi connectivity index (χ3n) is 5.91. The van der Waals surface area contributed by atoms with Gasteiger partial charge in [-0.1, -0.05) is 13.8 Å². The van der Waals surface area contributed by atoms with Crippen LogP contribution in [-0.2, 0) is 10.0 Å². The molecule has 1 fully saturated rings. The minimum Gasteiger partial charge on any atom is -0.497 e. The Morgan fingerprint density at radius 1 is 1.00 bits per heavy atom. The van der Waals surface area contributed by atoms with E-state index >= 15 is 0 Å². The molecule has 9 heteroatoms. The molecule has 1 saturated heterocycles. The lowest BCUT2D eigenvalue weighted by atomic mass is 10.1. The predicted molar refractivity (Wildman–Crippen MR) is 130 cm³/mol. The molecule has 0 saturated carbocycles. The van der Waals surface area contributed by atoms with Crippen LogP contribution in [0.1, 0.15) is 43.5 Å². The van der Waals surface area contributed by atoms with Gasteiger partial charge in [-0.3, -0.25) is 4.79 Å². The van der Waals surface area contributed by atoms with Crippen molar-refractivity contribution in [3.63, 3.8) is 0 Å². The van der Waals surface area contributed by atoms with Gasteiger partial charge in [0.1, 0.15) is 11.5 Å². The van der Waals surface area contributed by atoms with E-state index in [4.69, 9.17) is 9.47 Å². The van der Waals surface area contributed by atoms with Gasteiger partial charge in [0.2, 0.25) is 10.0 Å². The molecule has 0 bridgehead atoms. The Balaban J connectivity index is 2.03. The summed E-state index contributed by atoms with van der Waals surface area (Å²) in [5.74, 6) is 0.563. The summed E-state index contributed by atoms with van der Waals surface area (Å²) in [6.45, 7) is 6.08. The van der Waals surface area contributed by atoms with E-state index in [0.29, 0.717) is 35.8 Å². The van der Waals surface area contributed by atoms with E-state index in [1.165, 1.54) is 11.4 Å². The lowest BCUT2D eigenvalue weighted by molar-refractivity contribution is 0.102. The van der Waals surface area contributed by atoms with E-state index in [9.17, 15) is 13.2 Å². The maximum absolute atomic E-state index is 13.2. The summed E-state index contributed by atoms with van der Waals surface area (Å²) in [6.07, 6.45) is 3.27. The summed E-state index contributed by atoms with van der Waals surface area (Å²) < 4.78 is 38.3. The Morgan fingerprint density at radius 2 is 1.70 bits per heavy atom. The quantitative estimate of drug-likeness (QED) is 0.590. The molecule has 0 atom stereocenters. The highest BCUT2D eigenvalue weighted by Gasteiger charge is 2.25. The molecule has 1 aliphatic heterocycles. The second-order valence-corrected chi connectivity index (χ2v) is 9.77. The van der Waals surface area contributed by atoms with Gasteiger partial charge >= 0.3 is 0 Å². The van der Waals surface area contributed by atoms with Crippen molar-refractivity contribution in [3.05, 3.63) is 42.0 Å². The molecule has 2 aromatic rings. The van der Waals surface area contributed by atoms with Crippen LogP contribution >= 0.6 is 0 Å².